The molecule has 1 fully saturated rings. The minimum Gasteiger partial charge on any atom is -0.373 e. The fraction of sp³-hybridized carbons (Fsp3) is 0.857. The van der Waals surface area contributed by atoms with E-state index in [-0.39, 0.29) is 11.5 Å². The van der Waals surface area contributed by atoms with Crippen LogP contribution < -0.4 is 5.73 Å². The van der Waals surface area contributed by atoms with Crippen LogP contribution in [0.3, 0.4) is 0 Å². The Balaban J connectivity index is 2.10. The van der Waals surface area contributed by atoms with Gasteiger partial charge in [0.1, 0.15) is 6.10 Å². The monoisotopic (exact) mass is 267 g/mol. The highest BCUT2D eigenvalue weighted by molar-refractivity contribution is 5.01. The molecule has 0 radical (unpaired) electrons. The van der Waals surface area contributed by atoms with Crippen molar-refractivity contribution in [2.24, 2.45) is 11.1 Å². The summed E-state index contributed by atoms with van der Waals surface area (Å²) in [7, 11) is 1.69. The third-order valence-corrected chi connectivity index (χ3v) is 3.84. The van der Waals surface area contributed by atoms with Crippen molar-refractivity contribution in [3.05, 3.63) is 11.7 Å². The molecule has 1 aliphatic rings. The number of aromatic nitrogens is 2. The summed E-state index contributed by atoms with van der Waals surface area (Å²) in [4.78, 5) is 4.55. The van der Waals surface area contributed by atoms with Gasteiger partial charge in [0.05, 0.1) is 0 Å². The molecule has 1 aliphatic carbocycles. The zero-order chi connectivity index (χ0) is 14.0. The van der Waals surface area contributed by atoms with E-state index in [0.29, 0.717) is 17.8 Å². The first-order chi connectivity index (χ1) is 8.91. The van der Waals surface area contributed by atoms with Crippen LogP contribution in [0.15, 0.2) is 4.52 Å². The van der Waals surface area contributed by atoms with Gasteiger partial charge in [0.15, 0.2) is 0 Å². The summed E-state index contributed by atoms with van der Waals surface area (Å²) in [5.74, 6) is 1.76. The van der Waals surface area contributed by atoms with E-state index in [4.69, 9.17) is 15.0 Å². The normalized spacial score (nSPS) is 26.4. The van der Waals surface area contributed by atoms with Crippen molar-refractivity contribution in [1.82, 2.24) is 10.1 Å². The maximum absolute atomic E-state index is 5.92. The van der Waals surface area contributed by atoms with Gasteiger partial charge in [-0.2, -0.15) is 4.98 Å². The number of nitrogens with zero attached hydrogens (tertiary/aromatic N) is 2. The van der Waals surface area contributed by atoms with Crippen molar-refractivity contribution >= 4 is 0 Å². The summed E-state index contributed by atoms with van der Waals surface area (Å²) in [5, 5.41) is 4.11. The van der Waals surface area contributed by atoms with Crippen LogP contribution >= 0.6 is 0 Å². The second kappa shape index (κ2) is 5.59. The third kappa shape index (κ3) is 3.34. The molecule has 5 nitrogen and oxygen atoms in total. The van der Waals surface area contributed by atoms with Gasteiger partial charge >= 0.3 is 0 Å². The van der Waals surface area contributed by atoms with E-state index >= 15 is 0 Å². The summed E-state index contributed by atoms with van der Waals surface area (Å²) in [6.45, 7) is 6.32. The average molecular weight is 267 g/mol. The Kier molecular flexibility index (Phi) is 4.26. The van der Waals surface area contributed by atoms with Crippen molar-refractivity contribution < 1.29 is 9.26 Å². The lowest BCUT2D eigenvalue weighted by Gasteiger charge is -2.26. The molecule has 0 spiro atoms. The van der Waals surface area contributed by atoms with Crippen molar-refractivity contribution in [1.29, 1.82) is 0 Å². The molecule has 1 heterocycles. The van der Waals surface area contributed by atoms with E-state index < -0.39 is 0 Å². The van der Waals surface area contributed by atoms with Gasteiger partial charge in [-0.3, -0.25) is 0 Å². The summed E-state index contributed by atoms with van der Waals surface area (Å²) >= 11 is 0. The van der Waals surface area contributed by atoms with Crippen molar-refractivity contribution in [2.45, 2.75) is 64.5 Å². The lowest BCUT2D eigenvalue weighted by atomic mass is 9.86. The van der Waals surface area contributed by atoms with Gasteiger partial charge in [0.2, 0.25) is 11.7 Å². The summed E-state index contributed by atoms with van der Waals surface area (Å²) in [5.41, 5.74) is 5.87. The molecule has 108 valence electrons. The minimum absolute atomic E-state index is 0.0508. The molecule has 1 saturated carbocycles. The van der Waals surface area contributed by atoms with Gasteiger partial charge in [-0.05, 0) is 31.1 Å². The predicted octanol–water partition coefficient (Wildman–Crippen LogP) is 2.79. The number of hydrogen-bond donors (Lipinski definition) is 1. The molecule has 1 unspecified atom stereocenters. The Morgan fingerprint density at radius 2 is 1.89 bits per heavy atom. The van der Waals surface area contributed by atoms with Gasteiger partial charge < -0.3 is 15.0 Å². The van der Waals surface area contributed by atoms with Crippen molar-refractivity contribution in [3.8, 4) is 0 Å². The zero-order valence-corrected chi connectivity index (χ0v) is 12.3. The largest absolute Gasteiger partial charge is 0.373 e. The minimum atomic E-state index is -0.143. The Hall–Kier alpha value is -0.940. The standard InChI is InChI=1S/C14H25N3O2/c1-14(2,3)11(18-4)12-16-13(19-17-12)9-5-7-10(15)8-6-9/h9-11H,5-8,15H2,1-4H3. The molecule has 1 aromatic rings. The van der Waals surface area contributed by atoms with Gasteiger partial charge in [-0.15, -0.1) is 0 Å². The van der Waals surface area contributed by atoms with Gasteiger partial charge in [-0.25, -0.2) is 0 Å². The third-order valence-electron chi connectivity index (χ3n) is 3.84. The highest BCUT2D eigenvalue weighted by Gasteiger charge is 2.32. The maximum atomic E-state index is 5.92. The first-order valence-corrected chi connectivity index (χ1v) is 7.03. The van der Waals surface area contributed by atoms with E-state index in [9.17, 15) is 0 Å². The molecule has 5 heteroatoms. The van der Waals surface area contributed by atoms with Gasteiger partial charge in [-0.1, -0.05) is 25.9 Å². The number of methoxy groups -OCH3 is 1. The van der Waals surface area contributed by atoms with Crippen molar-refractivity contribution in [3.63, 3.8) is 0 Å². The number of rotatable bonds is 3. The highest BCUT2D eigenvalue weighted by atomic mass is 16.5. The fourth-order valence-electron chi connectivity index (χ4n) is 2.73. The molecule has 19 heavy (non-hydrogen) atoms. The summed E-state index contributed by atoms with van der Waals surface area (Å²) in [6, 6.07) is 0.333. The van der Waals surface area contributed by atoms with E-state index in [0.717, 1.165) is 31.6 Å². The van der Waals surface area contributed by atoms with Crippen LogP contribution in [0, 0.1) is 5.41 Å². The maximum Gasteiger partial charge on any atom is 0.229 e. The molecule has 0 aliphatic heterocycles. The quantitative estimate of drug-likeness (QED) is 0.911. The molecule has 1 aromatic heterocycles. The molecule has 2 N–H and O–H groups in total. The average Bonchev–Trinajstić information content (AvgIpc) is 2.78. The first kappa shape index (κ1) is 14.5. The SMILES string of the molecule is COC(c1noc(C2CCC(N)CC2)n1)C(C)(C)C. The van der Waals surface area contributed by atoms with E-state index in [1.807, 2.05) is 0 Å². The van der Waals surface area contributed by atoms with E-state index in [1.165, 1.54) is 0 Å². The van der Waals surface area contributed by atoms with Crippen LogP contribution in [0.4, 0.5) is 0 Å². The second-order valence-corrected chi connectivity index (χ2v) is 6.58. The lowest BCUT2D eigenvalue weighted by molar-refractivity contribution is 0.00718. The second-order valence-electron chi connectivity index (χ2n) is 6.58. The Morgan fingerprint density at radius 1 is 1.26 bits per heavy atom. The van der Waals surface area contributed by atoms with Crippen LogP contribution in [0.1, 0.15) is 70.2 Å². The molecular weight excluding hydrogens is 242 g/mol. The van der Waals surface area contributed by atoms with Gasteiger partial charge in [0.25, 0.3) is 0 Å². The first-order valence-electron chi connectivity index (χ1n) is 7.03. The molecule has 0 aromatic carbocycles. The van der Waals surface area contributed by atoms with E-state index in [2.05, 4.69) is 30.9 Å². The van der Waals surface area contributed by atoms with E-state index in [1.54, 1.807) is 7.11 Å². The zero-order valence-electron chi connectivity index (χ0n) is 12.3. The molecule has 1 atom stereocenters. The van der Waals surface area contributed by atoms with Crippen LogP contribution in [-0.2, 0) is 4.74 Å². The Morgan fingerprint density at radius 3 is 2.42 bits per heavy atom. The Labute approximate surface area is 114 Å². The molecule has 2 rings (SSSR count). The number of hydrogen-bond acceptors (Lipinski definition) is 5. The molecular formula is C14H25N3O2. The highest BCUT2D eigenvalue weighted by Crippen LogP contribution is 2.36. The lowest BCUT2D eigenvalue weighted by Crippen LogP contribution is -2.26. The molecule has 0 amide bonds. The van der Waals surface area contributed by atoms with Crippen molar-refractivity contribution in [2.75, 3.05) is 7.11 Å². The fourth-order valence-corrected chi connectivity index (χ4v) is 2.73. The molecule has 0 saturated heterocycles. The molecule has 0 bridgehead atoms. The summed E-state index contributed by atoms with van der Waals surface area (Å²) in [6.07, 6.45) is 4.01. The smallest absolute Gasteiger partial charge is 0.229 e. The number of ether oxygens (including phenoxy) is 1. The summed E-state index contributed by atoms with van der Waals surface area (Å²) < 4.78 is 10.9. The number of nitrogens with two attached hydrogens (primary N) is 1. The predicted molar refractivity (Wildman–Crippen MR) is 72.7 cm³/mol. The van der Waals surface area contributed by atoms with Crippen LogP contribution in [-0.4, -0.2) is 23.3 Å². The Bertz CT molecular complexity index is 403. The van der Waals surface area contributed by atoms with Crippen LogP contribution in [0.25, 0.3) is 0 Å². The van der Waals surface area contributed by atoms with Gasteiger partial charge in [0, 0.05) is 19.1 Å². The van der Waals surface area contributed by atoms with Crippen LogP contribution in [0.2, 0.25) is 0 Å². The van der Waals surface area contributed by atoms with Crippen LogP contribution in [0.5, 0.6) is 0 Å². The topological polar surface area (TPSA) is 74.2 Å².